The van der Waals surface area contributed by atoms with Crippen LogP contribution in [0.5, 0.6) is 0 Å². The summed E-state index contributed by atoms with van der Waals surface area (Å²) in [5.41, 5.74) is 0. The number of carbonyl (C=O) groups excluding carboxylic acids is 1. The van der Waals surface area contributed by atoms with Crippen molar-refractivity contribution in [2.24, 2.45) is 0 Å². The summed E-state index contributed by atoms with van der Waals surface area (Å²) in [4.78, 5) is 9.28. The normalized spacial score (nSPS) is 10.2. The van der Waals surface area contributed by atoms with Crippen LogP contribution in [-0.4, -0.2) is 12.1 Å². The van der Waals surface area contributed by atoms with E-state index in [2.05, 4.69) is 0 Å². The van der Waals surface area contributed by atoms with Crippen molar-refractivity contribution in [1.29, 1.82) is 0 Å². The average Bonchev–Trinajstić information content (AvgIpc) is 1.36. The van der Waals surface area contributed by atoms with Crippen molar-refractivity contribution in [2.45, 2.75) is 13.0 Å². The molecular weight excluding hydrogens is 130 g/mol. The second kappa shape index (κ2) is 8.43. The van der Waals surface area contributed by atoms with Crippen LogP contribution in [0.15, 0.2) is 0 Å². The summed E-state index contributed by atoms with van der Waals surface area (Å²) in [6.45, 7) is 1.02. The third kappa shape index (κ3) is 10.4. The van der Waals surface area contributed by atoms with Gasteiger partial charge in [-0.3, -0.25) is 0 Å². The minimum Gasteiger partial charge on any atom is -0.848 e. The molecule has 0 bridgehead atoms. The fourth-order valence-electron chi connectivity index (χ4n) is 0. The Morgan fingerprint density at radius 3 is 1.62 bits per heavy atom. The molecule has 1 unspecified atom stereocenters. The first-order valence-corrected chi connectivity index (χ1v) is 1.51. The molecule has 0 heterocycles. The van der Waals surface area contributed by atoms with Crippen molar-refractivity contribution in [3.63, 3.8) is 0 Å². The van der Waals surface area contributed by atoms with Gasteiger partial charge >= 0.3 is 59.1 Å². The summed E-state index contributed by atoms with van der Waals surface area (Å²) in [6, 6.07) is 0. The molecule has 0 fully saturated rings. The summed E-state index contributed by atoms with van der Waals surface area (Å²) < 4.78 is 0. The monoisotopic (exact) mass is 134 g/mol. The fraction of sp³-hybridized carbons (Fsp3) is 0.667. The molecule has 0 aliphatic carbocycles. The van der Waals surface area contributed by atoms with Gasteiger partial charge in [-0.25, -0.2) is 0 Å². The maximum absolute atomic E-state index is 9.56. The molecule has 0 aromatic heterocycles. The molecule has 36 valence electrons. The van der Waals surface area contributed by atoms with Gasteiger partial charge in [0.1, 0.15) is 0 Å². The molecule has 0 amide bonds. The zero-order valence-corrected chi connectivity index (χ0v) is 9.30. The first-order valence-electron chi connectivity index (χ1n) is 1.51. The standard InChI is InChI=1S/C3H5O3.2Na/c1-2(4)3(5)6;;/h2H,1H3,(H,5,6);;/q-1;2*+1/p-1. The summed E-state index contributed by atoms with van der Waals surface area (Å²) in [6.07, 6.45) is -1.59. The van der Waals surface area contributed by atoms with E-state index >= 15 is 0 Å². The Morgan fingerprint density at radius 1 is 1.50 bits per heavy atom. The Hall–Kier alpha value is 1.43. The van der Waals surface area contributed by atoms with Crippen molar-refractivity contribution in [1.82, 2.24) is 0 Å². The number of carbonyl (C=O) groups is 1. The van der Waals surface area contributed by atoms with Crippen LogP contribution in [0.3, 0.4) is 0 Å². The van der Waals surface area contributed by atoms with Crippen LogP contribution in [0.4, 0.5) is 0 Å². The van der Waals surface area contributed by atoms with Crippen molar-refractivity contribution in [2.75, 3.05) is 0 Å². The molecule has 0 spiro atoms. The van der Waals surface area contributed by atoms with Crippen LogP contribution in [0.1, 0.15) is 6.92 Å². The second-order valence-electron chi connectivity index (χ2n) is 0.961. The maximum Gasteiger partial charge on any atom is 1.00 e. The van der Waals surface area contributed by atoms with Crippen molar-refractivity contribution in [3.05, 3.63) is 0 Å². The summed E-state index contributed by atoms with van der Waals surface area (Å²) >= 11 is 0. The molecule has 0 saturated carbocycles. The molecule has 0 aromatic rings. The predicted octanol–water partition coefficient (Wildman–Crippen LogP) is -8.51. The molecule has 0 rings (SSSR count). The minimum absolute atomic E-state index is 0. The smallest absolute Gasteiger partial charge is 0.848 e. The molecule has 1 atom stereocenters. The molecule has 0 aliphatic heterocycles. The van der Waals surface area contributed by atoms with Gasteiger partial charge in [-0.2, -0.15) is 0 Å². The van der Waals surface area contributed by atoms with Crippen LogP contribution in [0.25, 0.3) is 0 Å². The predicted molar refractivity (Wildman–Crippen MR) is 14.5 cm³/mol. The zero-order chi connectivity index (χ0) is 5.15. The maximum atomic E-state index is 9.56. The molecule has 0 N–H and O–H groups in total. The number of rotatable bonds is 1. The number of carboxylic acid groups (broad SMARTS) is 1. The van der Waals surface area contributed by atoms with E-state index < -0.39 is 12.1 Å². The van der Waals surface area contributed by atoms with E-state index in [4.69, 9.17) is 0 Å². The summed E-state index contributed by atoms with van der Waals surface area (Å²) in [5, 5.41) is 18.8. The Bertz CT molecular complexity index is 63.5. The minimum atomic E-state index is -1.59. The summed E-state index contributed by atoms with van der Waals surface area (Å²) in [5.74, 6) is -1.55. The molecular formula is C3H4Na2O3. The molecule has 0 aliphatic rings. The Labute approximate surface area is 92.0 Å². The first kappa shape index (κ1) is 16.2. The van der Waals surface area contributed by atoms with Crippen LogP contribution in [0, 0.1) is 0 Å². The van der Waals surface area contributed by atoms with Gasteiger partial charge in [-0.1, -0.05) is 13.0 Å². The quantitative estimate of drug-likeness (QED) is 0.334. The van der Waals surface area contributed by atoms with Gasteiger partial charge < -0.3 is 15.0 Å². The van der Waals surface area contributed by atoms with Crippen molar-refractivity contribution < 1.29 is 74.1 Å². The number of aliphatic carboxylic acids is 1. The van der Waals surface area contributed by atoms with Crippen LogP contribution >= 0.6 is 0 Å². The van der Waals surface area contributed by atoms with Gasteiger partial charge in [0.15, 0.2) is 0 Å². The average molecular weight is 134 g/mol. The number of carboxylic acids is 1. The van der Waals surface area contributed by atoms with Gasteiger partial charge in [0, 0.05) is 5.97 Å². The third-order valence-electron chi connectivity index (χ3n) is 0.332. The van der Waals surface area contributed by atoms with Crippen LogP contribution in [-0.2, 0) is 4.79 Å². The largest absolute Gasteiger partial charge is 1.00 e. The Morgan fingerprint density at radius 2 is 1.62 bits per heavy atom. The van der Waals surface area contributed by atoms with E-state index in [-0.39, 0.29) is 59.1 Å². The van der Waals surface area contributed by atoms with E-state index in [0.29, 0.717) is 0 Å². The van der Waals surface area contributed by atoms with E-state index in [1.165, 1.54) is 0 Å². The SMILES string of the molecule is CC([O-])C(=O)[O-].[Na+].[Na+]. The zero-order valence-electron chi connectivity index (χ0n) is 5.30. The van der Waals surface area contributed by atoms with Gasteiger partial charge in [-0.05, 0) is 0 Å². The molecule has 0 aromatic carbocycles. The van der Waals surface area contributed by atoms with Crippen molar-refractivity contribution >= 4 is 5.97 Å². The van der Waals surface area contributed by atoms with Crippen LogP contribution in [0.2, 0.25) is 0 Å². The van der Waals surface area contributed by atoms with Gasteiger partial charge in [-0.15, -0.1) is 0 Å². The molecule has 0 saturated heterocycles. The summed E-state index contributed by atoms with van der Waals surface area (Å²) in [7, 11) is 0. The van der Waals surface area contributed by atoms with E-state index in [9.17, 15) is 15.0 Å². The fourth-order valence-corrected chi connectivity index (χ4v) is 0. The second-order valence-corrected chi connectivity index (χ2v) is 0.961. The van der Waals surface area contributed by atoms with E-state index in [1.54, 1.807) is 0 Å². The van der Waals surface area contributed by atoms with Gasteiger partial charge in [0.25, 0.3) is 0 Å². The topological polar surface area (TPSA) is 63.2 Å². The Kier molecular flexibility index (Phi) is 17.1. The molecule has 3 nitrogen and oxygen atoms in total. The number of hydrogen-bond acceptors (Lipinski definition) is 3. The van der Waals surface area contributed by atoms with E-state index in [0.717, 1.165) is 6.92 Å². The molecule has 8 heavy (non-hydrogen) atoms. The molecule has 5 heteroatoms. The Balaban J connectivity index is -0.000000125. The third-order valence-corrected chi connectivity index (χ3v) is 0.332. The first-order chi connectivity index (χ1) is 2.64. The number of hydrogen-bond donors (Lipinski definition) is 0. The van der Waals surface area contributed by atoms with E-state index in [1.807, 2.05) is 0 Å². The van der Waals surface area contributed by atoms with Gasteiger partial charge in [0.05, 0.1) is 0 Å². The molecule has 0 radical (unpaired) electrons. The van der Waals surface area contributed by atoms with Gasteiger partial charge in [0.2, 0.25) is 0 Å². The van der Waals surface area contributed by atoms with Crippen molar-refractivity contribution in [3.8, 4) is 0 Å². The van der Waals surface area contributed by atoms with Crippen LogP contribution < -0.4 is 69.3 Å².